The van der Waals surface area contributed by atoms with Crippen LogP contribution in [-0.4, -0.2) is 4.92 Å². The van der Waals surface area contributed by atoms with Gasteiger partial charge in [0.15, 0.2) is 0 Å². The van der Waals surface area contributed by atoms with E-state index in [-0.39, 0.29) is 0 Å². The van der Waals surface area contributed by atoms with Crippen molar-refractivity contribution in [3.05, 3.63) is 57.6 Å². The third-order valence-corrected chi connectivity index (χ3v) is 1.45. The SMILES string of the molecule is CC(C)(C)/C=C/[CH]=[Mn].[C-]#[O+].[C-]#[O+].[CH]1[CH][CH][CH][CH]1. The van der Waals surface area contributed by atoms with Crippen LogP contribution in [0.3, 0.4) is 0 Å². The molecular formula is C14H17MnO2. The van der Waals surface area contributed by atoms with E-state index >= 15 is 0 Å². The van der Waals surface area contributed by atoms with Crippen molar-refractivity contribution < 1.29 is 24.9 Å². The van der Waals surface area contributed by atoms with Gasteiger partial charge in [-0.2, -0.15) is 0 Å². The quantitative estimate of drug-likeness (QED) is 0.400. The summed E-state index contributed by atoms with van der Waals surface area (Å²) in [6, 6.07) is 0. The molecule has 0 heterocycles. The first kappa shape index (κ1) is 21.8. The van der Waals surface area contributed by atoms with Crippen molar-refractivity contribution in [2.45, 2.75) is 20.8 Å². The van der Waals surface area contributed by atoms with E-state index < -0.39 is 0 Å². The van der Waals surface area contributed by atoms with Crippen LogP contribution >= 0.6 is 0 Å². The van der Waals surface area contributed by atoms with Crippen molar-refractivity contribution in [2.24, 2.45) is 5.41 Å². The summed E-state index contributed by atoms with van der Waals surface area (Å²) in [5, 5.41) is 0. The molecule has 2 nitrogen and oxygen atoms in total. The zero-order valence-corrected chi connectivity index (χ0v) is 11.5. The van der Waals surface area contributed by atoms with Crippen LogP contribution in [0.25, 0.3) is 0 Å². The third-order valence-electron chi connectivity index (χ3n) is 1.22. The molecule has 92 valence electrons. The first-order valence-corrected chi connectivity index (χ1v) is 5.43. The standard InChI is InChI=1S/C7H12.C5H5.2CO.Mn/c1-5-6-7(2,3)4;1-2-4-5-3-1;2*1-2;/h1,5-6H,2-4H3;1-5H;;;/b6-5+;;;;. The van der Waals surface area contributed by atoms with Gasteiger partial charge in [0.25, 0.3) is 0 Å². The second-order valence-electron chi connectivity index (χ2n) is 3.81. The predicted octanol–water partition coefficient (Wildman–Crippen LogP) is 2.88. The molecule has 0 saturated heterocycles. The van der Waals surface area contributed by atoms with Gasteiger partial charge < -0.3 is 0 Å². The Morgan fingerprint density at radius 3 is 1.29 bits per heavy atom. The van der Waals surface area contributed by atoms with E-state index in [0.29, 0.717) is 5.41 Å². The fraction of sp³-hybridized carbons (Fsp3) is 0.286. The maximum absolute atomic E-state index is 7.50. The van der Waals surface area contributed by atoms with E-state index in [1.54, 1.807) is 0 Å². The van der Waals surface area contributed by atoms with Crippen molar-refractivity contribution in [2.75, 3.05) is 0 Å². The van der Waals surface area contributed by atoms with Crippen LogP contribution in [-0.2, 0) is 24.9 Å². The van der Waals surface area contributed by atoms with Crippen LogP contribution in [0.2, 0.25) is 0 Å². The summed E-state index contributed by atoms with van der Waals surface area (Å²) in [7, 11) is 0. The largest absolute Gasteiger partial charge is 0.0312 e. The molecule has 5 radical (unpaired) electrons. The molecule has 0 spiro atoms. The molecule has 0 aromatic rings. The molecule has 0 bridgehead atoms. The summed E-state index contributed by atoms with van der Waals surface area (Å²) in [6.07, 6.45) is 14.1. The zero-order valence-electron chi connectivity index (χ0n) is 10.3. The van der Waals surface area contributed by atoms with Crippen LogP contribution in [0.5, 0.6) is 0 Å². The molecule has 17 heavy (non-hydrogen) atoms. The molecule has 3 heteroatoms. The van der Waals surface area contributed by atoms with Gasteiger partial charge in [-0.25, -0.2) is 0 Å². The van der Waals surface area contributed by atoms with E-state index in [2.05, 4.69) is 55.7 Å². The summed E-state index contributed by atoms with van der Waals surface area (Å²) in [5.74, 6) is 0. The van der Waals surface area contributed by atoms with E-state index in [1.807, 2.05) is 43.1 Å². The number of rotatable bonds is 1. The maximum Gasteiger partial charge on any atom is -0.0312 e. The van der Waals surface area contributed by atoms with E-state index in [1.165, 1.54) is 0 Å². The summed E-state index contributed by atoms with van der Waals surface area (Å²) in [4.78, 5) is 1.86. The molecule has 0 atom stereocenters. The molecule has 0 unspecified atom stereocenters. The molecule has 1 fully saturated rings. The van der Waals surface area contributed by atoms with Crippen LogP contribution in [0.4, 0.5) is 0 Å². The molecule has 0 aromatic carbocycles. The van der Waals surface area contributed by atoms with Crippen LogP contribution in [0.15, 0.2) is 12.2 Å². The van der Waals surface area contributed by atoms with Gasteiger partial charge in [-0.05, 0) is 32.1 Å². The number of allylic oxidation sites excluding steroid dienone is 2. The van der Waals surface area contributed by atoms with Gasteiger partial charge in [0.05, 0.1) is 0 Å². The zero-order chi connectivity index (χ0) is 14.2. The fourth-order valence-corrected chi connectivity index (χ4v) is 0.759. The average Bonchev–Trinajstić information content (AvgIpc) is 2.89. The van der Waals surface area contributed by atoms with Gasteiger partial charge in [-0.3, -0.25) is 0 Å². The van der Waals surface area contributed by atoms with Gasteiger partial charge in [-0.1, -0.05) is 0 Å². The van der Waals surface area contributed by atoms with Gasteiger partial charge in [-0.15, -0.1) is 0 Å². The monoisotopic (exact) mass is 272 g/mol. The Labute approximate surface area is 114 Å². The summed E-state index contributed by atoms with van der Waals surface area (Å²) in [5.41, 5.74) is 0.310. The minimum absolute atomic E-state index is 0.310. The Kier molecular flexibility index (Phi) is 23.1. The molecule has 0 aromatic heterocycles. The van der Waals surface area contributed by atoms with Gasteiger partial charge in [0, 0.05) is 0 Å². The molecule has 0 N–H and O–H groups in total. The van der Waals surface area contributed by atoms with Crippen molar-refractivity contribution in [1.82, 2.24) is 0 Å². The van der Waals surface area contributed by atoms with Crippen molar-refractivity contribution in [3.63, 3.8) is 0 Å². The smallest absolute Gasteiger partial charge is 0.0312 e. The molecule has 0 amide bonds. The minimum Gasteiger partial charge on any atom is -0.0312 e. The second-order valence-corrected chi connectivity index (χ2v) is 4.21. The Bertz CT molecular complexity index is 204. The normalized spacial score (nSPS) is 13.1. The topological polar surface area (TPSA) is 39.8 Å². The van der Waals surface area contributed by atoms with Gasteiger partial charge in [0.2, 0.25) is 0 Å². The van der Waals surface area contributed by atoms with Crippen molar-refractivity contribution in [1.29, 1.82) is 0 Å². The Morgan fingerprint density at radius 2 is 1.18 bits per heavy atom. The number of hydrogen-bond acceptors (Lipinski definition) is 0. The van der Waals surface area contributed by atoms with E-state index in [9.17, 15) is 0 Å². The minimum atomic E-state index is 0.310. The second kappa shape index (κ2) is 18.0. The molecule has 1 rings (SSSR count). The first-order chi connectivity index (χ1) is 8.06. The predicted molar refractivity (Wildman–Crippen MR) is 64.0 cm³/mol. The summed E-state index contributed by atoms with van der Waals surface area (Å²) < 4.78 is 15.0. The summed E-state index contributed by atoms with van der Waals surface area (Å²) >= 11 is 3.19. The molecule has 1 aliphatic carbocycles. The molecule has 1 saturated carbocycles. The van der Waals surface area contributed by atoms with E-state index in [0.717, 1.165) is 0 Å². The molecule has 0 aliphatic heterocycles. The third kappa shape index (κ3) is 31.3. The van der Waals surface area contributed by atoms with Crippen LogP contribution in [0, 0.1) is 50.8 Å². The Morgan fingerprint density at radius 1 is 0.882 bits per heavy atom. The van der Waals surface area contributed by atoms with Gasteiger partial charge >= 0.3 is 81.4 Å². The maximum atomic E-state index is 7.50. The Balaban J connectivity index is -0.000000186. The van der Waals surface area contributed by atoms with Crippen LogP contribution < -0.4 is 0 Å². The first-order valence-electron chi connectivity index (χ1n) is 4.75. The van der Waals surface area contributed by atoms with Gasteiger partial charge in [0.1, 0.15) is 0 Å². The van der Waals surface area contributed by atoms with E-state index in [4.69, 9.17) is 9.30 Å². The molecule has 1 aliphatic rings. The van der Waals surface area contributed by atoms with Crippen molar-refractivity contribution in [3.8, 4) is 0 Å². The van der Waals surface area contributed by atoms with Crippen LogP contribution in [0.1, 0.15) is 20.8 Å². The summed E-state index contributed by atoms with van der Waals surface area (Å²) in [6.45, 7) is 15.5. The van der Waals surface area contributed by atoms with Crippen molar-refractivity contribution >= 4 is 4.92 Å². The number of hydrogen-bond donors (Lipinski definition) is 0. The average molecular weight is 272 g/mol. The fourth-order valence-electron chi connectivity index (χ4n) is 0.646. The molecular weight excluding hydrogens is 255 g/mol. The Hall–Kier alpha value is -0.391.